The van der Waals surface area contributed by atoms with Crippen LogP contribution in [0.15, 0.2) is 79.4 Å². The number of hydrogen-bond acceptors (Lipinski definition) is 4. The van der Waals surface area contributed by atoms with Gasteiger partial charge in [0, 0.05) is 18.0 Å². The van der Waals surface area contributed by atoms with Gasteiger partial charge >= 0.3 is 0 Å². The Morgan fingerprint density at radius 3 is 2.58 bits per heavy atom. The lowest BCUT2D eigenvalue weighted by molar-refractivity contribution is -0.191. The van der Waals surface area contributed by atoms with Gasteiger partial charge in [-0.3, -0.25) is 0 Å². The Hall–Kier alpha value is -2.47. The van der Waals surface area contributed by atoms with E-state index in [9.17, 15) is 0 Å². The van der Waals surface area contributed by atoms with Crippen molar-refractivity contribution in [3.8, 4) is 0 Å². The van der Waals surface area contributed by atoms with Crippen LogP contribution in [0.4, 0.5) is 0 Å². The zero-order valence-electron chi connectivity index (χ0n) is 14.5. The average Bonchev–Trinajstić information content (AvgIpc) is 3.35. The Kier molecular flexibility index (Phi) is 5.11. The van der Waals surface area contributed by atoms with Gasteiger partial charge in [-0.2, -0.15) is 0 Å². The highest BCUT2D eigenvalue weighted by atomic mass is 16.8. The first-order valence-electron chi connectivity index (χ1n) is 8.79. The molecule has 26 heavy (non-hydrogen) atoms. The van der Waals surface area contributed by atoms with Gasteiger partial charge in [0.25, 0.3) is 0 Å². The molecule has 1 fully saturated rings. The van der Waals surface area contributed by atoms with Gasteiger partial charge < -0.3 is 18.8 Å². The molecule has 0 aliphatic carbocycles. The SMILES string of the molecule is c1ccc(COC[C@H]2CO[C@](Cn3ccnc3)(c3ccccc3)O2)cc1. The monoisotopic (exact) mass is 350 g/mol. The molecular formula is C21H22N2O3. The van der Waals surface area contributed by atoms with Gasteiger partial charge in [0.05, 0.1) is 32.7 Å². The Morgan fingerprint density at radius 1 is 1.08 bits per heavy atom. The van der Waals surface area contributed by atoms with Crippen molar-refractivity contribution >= 4 is 0 Å². The molecule has 134 valence electrons. The molecule has 1 aromatic heterocycles. The van der Waals surface area contributed by atoms with Crippen LogP contribution in [-0.2, 0) is 33.1 Å². The lowest BCUT2D eigenvalue weighted by Crippen LogP contribution is -2.34. The third kappa shape index (κ3) is 3.85. The highest BCUT2D eigenvalue weighted by molar-refractivity contribution is 5.21. The predicted molar refractivity (Wildman–Crippen MR) is 97.3 cm³/mol. The third-order valence-corrected chi connectivity index (χ3v) is 4.44. The molecule has 5 heteroatoms. The number of benzene rings is 2. The zero-order chi connectivity index (χ0) is 17.7. The molecule has 0 N–H and O–H groups in total. The summed E-state index contributed by atoms with van der Waals surface area (Å²) in [5, 5.41) is 0. The van der Waals surface area contributed by atoms with Crippen LogP contribution in [0.5, 0.6) is 0 Å². The number of rotatable bonds is 7. The summed E-state index contributed by atoms with van der Waals surface area (Å²) in [6.45, 7) is 2.11. The highest BCUT2D eigenvalue weighted by Gasteiger charge is 2.43. The molecule has 3 aromatic rings. The van der Waals surface area contributed by atoms with Crippen LogP contribution >= 0.6 is 0 Å². The van der Waals surface area contributed by atoms with Crippen LogP contribution in [0, 0.1) is 0 Å². The van der Waals surface area contributed by atoms with Gasteiger partial charge in [0.1, 0.15) is 6.10 Å². The minimum Gasteiger partial charge on any atom is -0.374 e. The molecule has 1 aliphatic rings. The smallest absolute Gasteiger partial charge is 0.214 e. The van der Waals surface area contributed by atoms with Gasteiger partial charge in [0.15, 0.2) is 0 Å². The molecule has 0 radical (unpaired) electrons. The minimum atomic E-state index is -0.817. The lowest BCUT2D eigenvalue weighted by atomic mass is 10.1. The van der Waals surface area contributed by atoms with E-state index in [4.69, 9.17) is 14.2 Å². The van der Waals surface area contributed by atoms with Crippen molar-refractivity contribution in [3.63, 3.8) is 0 Å². The molecule has 5 nitrogen and oxygen atoms in total. The first kappa shape index (κ1) is 17.0. The summed E-state index contributed by atoms with van der Waals surface area (Å²) < 4.78 is 20.3. The summed E-state index contributed by atoms with van der Waals surface area (Å²) >= 11 is 0. The van der Waals surface area contributed by atoms with Gasteiger partial charge in [-0.1, -0.05) is 60.7 Å². The Balaban J connectivity index is 1.43. The number of imidazole rings is 1. The van der Waals surface area contributed by atoms with E-state index in [0.29, 0.717) is 26.4 Å². The standard InChI is InChI=1S/C21H22N2O3/c1-3-7-18(8-4-1)13-24-14-20-15-25-21(26-20,16-23-12-11-22-17-23)19-9-5-2-6-10-19/h1-12,17,20H,13-16H2/t20-,21-/m0/s1. The second kappa shape index (κ2) is 7.83. The molecule has 2 heterocycles. The van der Waals surface area contributed by atoms with E-state index in [2.05, 4.69) is 17.1 Å². The number of ether oxygens (including phenoxy) is 3. The maximum absolute atomic E-state index is 6.35. The van der Waals surface area contributed by atoms with E-state index in [1.54, 1.807) is 12.5 Å². The molecule has 0 spiro atoms. The fourth-order valence-electron chi connectivity index (χ4n) is 3.17. The summed E-state index contributed by atoms with van der Waals surface area (Å²) in [6, 6.07) is 20.2. The van der Waals surface area contributed by atoms with Crippen LogP contribution in [-0.4, -0.2) is 28.9 Å². The molecule has 0 bridgehead atoms. The molecule has 4 rings (SSSR count). The van der Waals surface area contributed by atoms with E-state index < -0.39 is 5.79 Å². The zero-order valence-corrected chi connectivity index (χ0v) is 14.5. The molecule has 0 saturated carbocycles. The first-order chi connectivity index (χ1) is 12.8. The van der Waals surface area contributed by atoms with E-state index in [-0.39, 0.29) is 6.10 Å². The number of hydrogen-bond donors (Lipinski definition) is 0. The molecule has 1 saturated heterocycles. The maximum atomic E-state index is 6.35. The Bertz CT molecular complexity index is 793. The fourth-order valence-corrected chi connectivity index (χ4v) is 3.17. The molecule has 2 aromatic carbocycles. The topological polar surface area (TPSA) is 45.5 Å². The Labute approximate surface area is 153 Å². The summed E-state index contributed by atoms with van der Waals surface area (Å²) in [5.74, 6) is -0.817. The van der Waals surface area contributed by atoms with Crippen LogP contribution in [0.3, 0.4) is 0 Å². The molecule has 0 unspecified atom stereocenters. The van der Waals surface area contributed by atoms with E-state index >= 15 is 0 Å². The first-order valence-corrected chi connectivity index (χ1v) is 8.79. The molecule has 0 amide bonds. The van der Waals surface area contributed by atoms with Gasteiger partial charge in [0.2, 0.25) is 5.79 Å². The second-order valence-electron chi connectivity index (χ2n) is 6.41. The van der Waals surface area contributed by atoms with E-state index in [0.717, 1.165) is 11.1 Å². The normalized spacial score (nSPS) is 22.5. The lowest BCUT2D eigenvalue weighted by Gasteiger charge is -2.29. The van der Waals surface area contributed by atoms with Crippen molar-refractivity contribution in [3.05, 3.63) is 90.5 Å². The van der Waals surface area contributed by atoms with Gasteiger partial charge in [-0.15, -0.1) is 0 Å². The van der Waals surface area contributed by atoms with Crippen molar-refractivity contribution in [1.29, 1.82) is 0 Å². The van der Waals surface area contributed by atoms with Crippen LogP contribution < -0.4 is 0 Å². The minimum absolute atomic E-state index is 0.109. The average molecular weight is 350 g/mol. The van der Waals surface area contributed by atoms with Crippen molar-refractivity contribution in [2.45, 2.75) is 25.0 Å². The summed E-state index contributed by atoms with van der Waals surface area (Å²) in [7, 11) is 0. The molecule has 1 aliphatic heterocycles. The summed E-state index contributed by atoms with van der Waals surface area (Å²) in [5.41, 5.74) is 2.15. The Morgan fingerprint density at radius 2 is 1.85 bits per heavy atom. The number of nitrogens with zero attached hydrogens (tertiary/aromatic N) is 2. The predicted octanol–water partition coefficient (Wildman–Crippen LogP) is 3.37. The summed E-state index contributed by atoms with van der Waals surface area (Å²) in [6.07, 6.45) is 5.34. The van der Waals surface area contributed by atoms with Crippen molar-refractivity contribution < 1.29 is 14.2 Å². The molecule has 2 atom stereocenters. The van der Waals surface area contributed by atoms with Crippen LogP contribution in [0.25, 0.3) is 0 Å². The van der Waals surface area contributed by atoms with Crippen molar-refractivity contribution in [2.24, 2.45) is 0 Å². The van der Waals surface area contributed by atoms with E-state index in [1.807, 2.05) is 59.3 Å². The highest BCUT2D eigenvalue weighted by Crippen LogP contribution is 2.36. The molecular weight excluding hydrogens is 328 g/mol. The van der Waals surface area contributed by atoms with E-state index in [1.165, 1.54) is 0 Å². The van der Waals surface area contributed by atoms with Crippen LogP contribution in [0.2, 0.25) is 0 Å². The largest absolute Gasteiger partial charge is 0.374 e. The van der Waals surface area contributed by atoms with Crippen LogP contribution in [0.1, 0.15) is 11.1 Å². The number of aromatic nitrogens is 2. The third-order valence-electron chi connectivity index (χ3n) is 4.44. The van der Waals surface area contributed by atoms with Crippen molar-refractivity contribution in [1.82, 2.24) is 9.55 Å². The second-order valence-corrected chi connectivity index (χ2v) is 6.41. The quantitative estimate of drug-likeness (QED) is 0.655. The fraction of sp³-hybridized carbons (Fsp3) is 0.286. The maximum Gasteiger partial charge on any atom is 0.214 e. The van der Waals surface area contributed by atoms with Crippen molar-refractivity contribution in [2.75, 3.05) is 13.2 Å². The van der Waals surface area contributed by atoms with Gasteiger partial charge in [-0.25, -0.2) is 4.98 Å². The van der Waals surface area contributed by atoms with Gasteiger partial charge in [-0.05, 0) is 5.56 Å². The summed E-state index contributed by atoms with van der Waals surface area (Å²) in [4.78, 5) is 4.12.